The number of aromatic nitrogens is 2. The van der Waals surface area contributed by atoms with Crippen LogP contribution in [0.4, 0.5) is 0 Å². The second kappa shape index (κ2) is 7.07. The molecule has 1 aromatic carbocycles. The van der Waals surface area contributed by atoms with Gasteiger partial charge in [-0.2, -0.15) is 5.10 Å². The lowest BCUT2D eigenvalue weighted by Crippen LogP contribution is -2.42. The van der Waals surface area contributed by atoms with Crippen molar-refractivity contribution in [3.8, 4) is 0 Å². The Morgan fingerprint density at radius 1 is 1.18 bits per heavy atom. The van der Waals surface area contributed by atoms with E-state index in [1.807, 2.05) is 6.20 Å². The number of rotatable bonds is 5. The van der Waals surface area contributed by atoms with Crippen molar-refractivity contribution in [3.05, 3.63) is 52.8 Å². The van der Waals surface area contributed by atoms with E-state index in [2.05, 4.69) is 58.5 Å². The van der Waals surface area contributed by atoms with Gasteiger partial charge in [-0.1, -0.05) is 24.3 Å². The molecule has 0 radical (unpaired) electrons. The standard InChI is InChI=1S/C18H26N4/c1-14-5-3-4-6-16(14)13-22-9-7-18(8-10-22)19-11-17-12-20-21-15(17)2/h3-6,12,18-19H,7-11,13H2,1-2H3,(H,20,21). The number of H-pyrrole nitrogens is 1. The van der Waals surface area contributed by atoms with Gasteiger partial charge in [-0.05, 0) is 50.9 Å². The van der Waals surface area contributed by atoms with Gasteiger partial charge in [0.2, 0.25) is 0 Å². The van der Waals surface area contributed by atoms with Gasteiger partial charge in [-0.25, -0.2) is 0 Å². The monoisotopic (exact) mass is 298 g/mol. The van der Waals surface area contributed by atoms with Crippen LogP contribution in [0.15, 0.2) is 30.5 Å². The first-order valence-corrected chi connectivity index (χ1v) is 8.21. The van der Waals surface area contributed by atoms with Crippen LogP contribution in [0.5, 0.6) is 0 Å². The first-order valence-electron chi connectivity index (χ1n) is 8.21. The fourth-order valence-corrected chi connectivity index (χ4v) is 3.13. The Hall–Kier alpha value is -1.65. The van der Waals surface area contributed by atoms with Crippen molar-refractivity contribution in [2.24, 2.45) is 0 Å². The third kappa shape index (κ3) is 3.76. The van der Waals surface area contributed by atoms with Crippen LogP contribution in [0.1, 0.15) is 35.2 Å². The lowest BCUT2D eigenvalue weighted by atomic mass is 10.0. The lowest BCUT2D eigenvalue weighted by Gasteiger charge is -2.32. The lowest BCUT2D eigenvalue weighted by molar-refractivity contribution is 0.190. The van der Waals surface area contributed by atoms with Crippen LogP contribution in [0.2, 0.25) is 0 Å². The maximum absolute atomic E-state index is 4.08. The second-order valence-electron chi connectivity index (χ2n) is 6.38. The summed E-state index contributed by atoms with van der Waals surface area (Å²) in [4.78, 5) is 2.57. The Balaban J connectivity index is 1.44. The molecule has 2 aromatic rings. The number of aromatic amines is 1. The Kier molecular flexibility index (Phi) is 4.90. The van der Waals surface area contributed by atoms with E-state index in [1.54, 1.807) is 0 Å². The van der Waals surface area contributed by atoms with Crippen LogP contribution < -0.4 is 5.32 Å². The molecular weight excluding hydrogens is 272 g/mol. The normalized spacial score (nSPS) is 17.0. The van der Waals surface area contributed by atoms with E-state index in [0.717, 1.165) is 13.1 Å². The van der Waals surface area contributed by atoms with Crippen LogP contribution in [0.25, 0.3) is 0 Å². The molecule has 0 bridgehead atoms. The number of aryl methyl sites for hydroxylation is 2. The largest absolute Gasteiger partial charge is 0.310 e. The average molecular weight is 298 g/mol. The number of hydrogen-bond acceptors (Lipinski definition) is 3. The van der Waals surface area contributed by atoms with E-state index in [1.165, 1.54) is 48.3 Å². The van der Waals surface area contributed by atoms with E-state index in [4.69, 9.17) is 0 Å². The van der Waals surface area contributed by atoms with Gasteiger partial charge < -0.3 is 5.32 Å². The van der Waals surface area contributed by atoms with Crippen molar-refractivity contribution in [3.63, 3.8) is 0 Å². The highest BCUT2D eigenvalue weighted by molar-refractivity contribution is 5.25. The summed E-state index contributed by atoms with van der Waals surface area (Å²) in [6.45, 7) is 8.64. The van der Waals surface area contributed by atoms with E-state index in [-0.39, 0.29) is 0 Å². The Labute approximate surface area is 132 Å². The van der Waals surface area contributed by atoms with Gasteiger partial charge in [0.25, 0.3) is 0 Å². The predicted octanol–water partition coefficient (Wildman–Crippen LogP) is 2.78. The van der Waals surface area contributed by atoms with E-state index >= 15 is 0 Å². The van der Waals surface area contributed by atoms with Crippen molar-refractivity contribution >= 4 is 0 Å². The van der Waals surface area contributed by atoms with Gasteiger partial charge in [0.05, 0.1) is 6.20 Å². The van der Waals surface area contributed by atoms with Gasteiger partial charge in [-0.3, -0.25) is 10.00 Å². The first kappa shape index (κ1) is 15.3. The summed E-state index contributed by atoms with van der Waals surface area (Å²) in [7, 11) is 0. The third-order valence-electron chi connectivity index (χ3n) is 4.76. The molecule has 0 spiro atoms. The van der Waals surface area contributed by atoms with Crippen molar-refractivity contribution < 1.29 is 0 Å². The topological polar surface area (TPSA) is 44.0 Å². The highest BCUT2D eigenvalue weighted by atomic mass is 15.1. The van der Waals surface area contributed by atoms with E-state index in [9.17, 15) is 0 Å². The van der Waals surface area contributed by atoms with Crippen molar-refractivity contribution in [2.45, 2.75) is 45.8 Å². The minimum Gasteiger partial charge on any atom is -0.310 e. The van der Waals surface area contributed by atoms with Gasteiger partial charge in [0.1, 0.15) is 0 Å². The summed E-state index contributed by atoms with van der Waals surface area (Å²) >= 11 is 0. The molecule has 0 atom stereocenters. The second-order valence-corrected chi connectivity index (χ2v) is 6.38. The number of nitrogens with one attached hydrogen (secondary N) is 2. The highest BCUT2D eigenvalue weighted by Gasteiger charge is 2.19. The van der Waals surface area contributed by atoms with Gasteiger partial charge in [0, 0.05) is 30.4 Å². The Morgan fingerprint density at radius 3 is 2.64 bits per heavy atom. The Bertz CT molecular complexity index is 597. The molecule has 1 aliphatic heterocycles. The molecule has 0 amide bonds. The molecule has 0 aliphatic carbocycles. The average Bonchev–Trinajstić information content (AvgIpc) is 2.94. The molecule has 1 aliphatic rings. The zero-order valence-electron chi connectivity index (χ0n) is 13.6. The molecule has 1 fully saturated rings. The minimum absolute atomic E-state index is 0.627. The number of benzene rings is 1. The molecule has 1 saturated heterocycles. The summed E-state index contributed by atoms with van der Waals surface area (Å²) in [5.74, 6) is 0. The van der Waals surface area contributed by atoms with Crippen LogP contribution in [-0.4, -0.2) is 34.2 Å². The molecule has 0 saturated carbocycles. The van der Waals surface area contributed by atoms with Crippen molar-refractivity contribution in [1.82, 2.24) is 20.4 Å². The van der Waals surface area contributed by atoms with Crippen LogP contribution in [-0.2, 0) is 13.1 Å². The molecule has 4 heteroatoms. The van der Waals surface area contributed by atoms with Crippen molar-refractivity contribution in [2.75, 3.05) is 13.1 Å². The molecular formula is C18H26N4. The fourth-order valence-electron chi connectivity index (χ4n) is 3.13. The minimum atomic E-state index is 0.627. The quantitative estimate of drug-likeness (QED) is 0.892. The summed E-state index contributed by atoms with van der Waals surface area (Å²) < 4.78 is 0. The number of nitrogens with zero attached hydrogens (tertiary/aromatic N) is 2. The summed E-state index contributed by atoms with van der Waals surface area (Å²) in [5, 5.41) is 10.8. The SMILES string of the molecule is Cc1ccccc1CN1CCC(NCc2cn[nH]c2C)CC1. The van der Waals surface area contributed by atoms with Gasteiger partial charge in [-0.15, -0.1) is 0 Å². The maximum atomic E-state index is 4.08. The summed E-state index contributed by atoms with van der Waals surface area (Å²) in [6.07, 6.45) is 4.38. The van der Waals surface area contributed by atoms with E-state index < -0.39 is 0 Å². The highest BCUT2D eigenvalue weighted by Crippen LogP contribution is 2.16. The van der Waals surface area contributed by atoms with Crippen molar-refractivity contribution in [1.29, 1.82) is 0 Å². The zero-order valence-corrected chi connectivity index (χ0v) is 13.6. The van der Waals surface area contributed by atoms with Gasteiger partial charge in [0.15, 0.2) is 0 Å². The molecule has 2 N–H and O–H groups in total. The molecule has 118 valence electrons. The number of likely N-dealkylation sites (tertiary alicyclic amines) is 1. The summed E-state index contributed by atoms with van der Waals surface area (Å²) in [5.41, 5.74) is 5.31. The molecule has 1 aromatic heterocycles. The van der Waals surface area contributed by atoms with Gasteiger partial charge >= 0.3 is 0 Å². The van der Waals surface area contributed by atoms with Crippen LogP contribution in [0.3, 0.4) is 0 Å². The fraction of sp³-hybridized carbons (Fsp3) is 0.500. The first-order chi connectivity index (χ1) is 10.7. The number of hydrogen-bond donors (Lipinski definition) is 2. The number of piperidine rings is 1. The van der Waals surface area contributed by atoms with Crippen LogP contribution in [0, 0.1) is 13.8 Å². The predicted molar refractivity (Wildman–Crippen MR) is 89.6 cm³/mol. The third-order valence-corrected chi connectivity index (χ3v) is 4.76. The molecule has 0 unspecified atom stereocenters. The van der Waals surface area contributed by atoms with Crippen LogP contribution >= 0.6 is 0 Å². The summed E-state index contributed by atoms with van der Waals surface area (Å²) in [6, 6.07) is 9.34. The molecule has 4 nitrogen and oxygen atoms in total. The smallest absolute Gasteiger partial charge is 0.0535 e. The Morgan fingerprint density at radius 2 is 1.95 bits per heavy atom. The molecule has 3 rings (SSSR count). The zero-order chi connectivity index (χ0) is 15.4. The molecule has 2 heterocycles. The molecule has 22 heavy (non-hydrogen) atoms. The van der Waals surface area contributed by atoms with E-state index in [0.29, 0.717) is 6.04 Å². The maximum Gasteiger partial charge on any atom is 0.0535 e.